The van der Waals surface area contributed by atoms with E-state index in [1.807, 2.05) is 42.5 Å². The molecule has 0 fully saturated rings. The van der Waals surface area contributed by atoms with Gasteiger partial charge in [0.05, 0.1) is 11.9 Å². The number of nitrogens with one attached hydrogen (secondary N) is 2. The Morgan fingerprint density at radius 2 is 1.64 bits per heavy atom. The van der Waals surface area contributed by atoms with Crippen LogP contribution in [0.1, 0.15) is 25.0 Å². The standard InChI is InChI=1S/C23H25N3O2/c1-3-17-9-8-10-18(4-2)23(17)26-21-14-13-19(15-24-21)25-22(27)16-28-20-11-6-5-7-12-20/h5-15H,3-4,16H2,1-2H3,(H,24,26)(H,25,27). The Kier molecular flexibility index (Phi) is 6.63. The predicted octanol–water partition coefficient (Wildman–Crippen LogP) is 4.97. The lowest BCUT2D eigenvalue weighted by atomic mass is 10.0. The number of anilines is 3. The van der Waals surface area contributed by atoms with Gasteiger partial charge in [-0.05, 0) is 48.2 Å². The molecule has 1 aromatic heterocycles. The van der Waals surface area contributed by atoms with Crippen LogP contribution in [0.3, 0.4) is 0 Å². The van der Waals surface area contributed by atoms with Crippen molar-refractivity contribution in [1.82, 2.24) is 4.98 Å². The molecule has 28 heavy (non-hydrogen) atoms. The lowest BCUT2D eigenvalue weighted by Crippen LogP contribution is -2.20. The summed E-state index contributed by atoms with van der Waals surface area (Å²) in [4.78, 5) is 16.5. The summed E-state index contributed by atoms with van der Waals surface area (Å²) in [5, 5.41) is 6.22. The molecule has 1 heterocycles. The van der Waals surface area contributed by atoms with Gasteiger partial charge in [0.15, 0.2) is 6.61 Å². The van der Waals surface area contributed by atoms with Crippen molar-refractivity contribution in [3.05, 3.63) is 78.0 Å². The van der Waals surface area contributed by atoms with E-state index in [9.17, 15) is 4.79 Å². The summed E-state index contributed by atoms with van der Waals surface area (Å²) < 4.78 is 5.45. The lowest BCUT2D eigenvalue weighted by molar-refractivity contribution is -0.118. The Balaban J connectivity index is 1.60. The highest BCUT2D eigenvalue weighted by Crippen LogP contribution is 2.26. The number of para-hydroxylation sites is 2. The average molecular weight is 375 g/mol. The average Bonchev–Trinajstić information content (AvgIpc) is 2.74. The van der Waals surface area contributed by atoms with E-state index < -0.39 is 0 Å². The van der Waals surface area contributed by atoms with Gasteiger partial charge in [0.2, 0.25) is 0 Å². The molecule has 0 bridgehead atoms. The number of pyridine rings is 1. The van der Waals surface area contributed by atoms with Gasteiger partial charge in [-0.3, -0.25) is 4.79 Å². The fourth-order valence-electron chi connectivity index (χ4n) is 2.94. The van der Waals surface area contributed by atoms with Crippen LogP contribution >= 0.6 is 0 Å². The second-order valence-corrected chi connectivity index (χ2v) is 6.37. The number of aryl methyl sites for hydroxylation is 2. The molecule has 2 N–H and O–H groups in total. The van der Waals surface area contributed by atoms with Crippen LogP contribution in [0, 0.1) is 0 Å². The Morgan fingerprint density at radius 3 is 2.25 bits per heavy atom. The fourth-order valence-corrected chi connectivity index (χ4v) is 2.94. The Morgan fingerprint density at radius 1 is 0.929 bits per heavy atom. The highest BCUT2D eigenvalue weighted by atomic mass is 16.5. The summed E-state index contributed by atoms with van der Waals surface area (Å²) in [5.74, 6) is 1.18. The van der Waals surface area contributed by atoms with E-state index in [1.165, 1.54) is 11.1 Å². The molecule has 1 amide bonds. The van der Waals surface area contributed by atoms with Crippen LogP contribution in [0.2, 0.25) is 0 Å². The number of benzene rings is 2. The third-order valence-electron chi connectivity index (χ3n) is 4.41. The Bertz CT molecular complexity index is 887. The van der Waals surface area contributed by atoms with E-state index in [1.54, 1.807) is 6.20 Å². The topological polar surface area (TPSA) is 63.2 Å². The highest BCUT2D eigenvalue weighted by Gasteiger charge is 2.08. The molecule has 0 saturated heterocycles. The van der Waals surface area contributed by atoms with Crippen molar-refractivity contribution in [3.8, 4) is 5.75 Å². The summed E-state index contributed by atoms with van der Waals surface area (Å²) in [6, 6.07) is 19.3. The van der Waals surface area contributed by atoms with E-state index >= 15 is 0 Å². The van der Waals surface area contributed by atoms with Crippen molar-refractivity contribution in [3.63, 3.8) is 0 Å². The van der Waals surface area contributed by atoms with Crippen molar-refractivity contribution < 1.29 is 9.53 Å². The first-order valence-electron chi connectivity index (χ1n) is 9.51. The number of rotatable bonds is 8. The monoisotopic (exact) mass is 375 g/mol. The van der Waals surface area contributed by atoms with Crippen LogP contribution in [0.4, 0.5) is 17.2 Å². The summed E-state index contributed by atoms with van der Waals surface area (Å²) in [5.41, 5.74) is 4.27. The van der Waals surface area contributed by atoms with E-state index in [-0.39, 0.29) is 12.5 Å². The first-order valence-corrected chi connectivity index (χ1v) is 9.51. The maximum absolute atomic E-state index is 12.0. The third kappa shape index (κ3) is 5.10. The SMILES string of the molecule is CCc1cccc(CC)c1Nc1ccc(NC(=O)COc2ccccc2)cn1. The van der Waals surface area contributed by atoms with Gasteiger partial charge in [-0.15, -0.1) is 0 Å². The van der Waals surface area contributed by atoms with Gasteiger partial charge in [0.25, 0.3) is 5.91 Å². The lowest BCUT2D eigenvalue weighted by Gasteiger charge is -2.15. The van der Waals surface area contributed by atoms with Gasteiger partial charge >= 0.3 is 0 Å². The summed E-state index contributed by atoms with van der Waals surface area (Å²) in [6.45, 7) is 4.24. The highest BCUT2D eigenvalue weighted by molar-refractivity contribution is 5.91. The molecule has 2 aromatic carbocycles. The molecular weight excluding hydrogens is 350 g/mol. The second kappa shape index (κ2) is 9.55. The molecule has 144 valence electrons. The summed E-state index contributed by atoms with van der Waals surface area (Å²) in [7, 11) is 0. The molecule has 0 saturated carbocycles. The molecule has 0 unspecified atom stereocenters. The van der Waals surface area contributed by atoms with E-state index in [2.05, 4.69) is 47.7 Å². The Hall–Kier alpha value is -3.34. The molecule has 0 spiro atoms. The van der Waals surface area contributed by atoms with Gasteiger partial charge in [-0.2, -0.15) is 0 Å². The number of ether oxygens (including phenoxy) is 1. The molecule has 5 heteroatoms. The number of carbonyl (C=O) groups excluding carboxylic acids is 1. The molecule has 3 aromatic rings. The molecule has 0 atom stereocenters. The van der Waals surface area contributed by atoms with Gasteiger partial charge in [0.1, 0.15) is 11.6 Å². The van der Waals surface area contributed by atoms with Gasteiger partial charge in [-0.1, -0.05) is 50.2 Å². The van der Waals surface area contributed by atoms with Crippen LogP contribution < -0.4 is 15.4 Å². The van der Waals surface area contributed by atoms with E-state index in [0.29, 0.717) is 11.4 Å². The number of hydrogen-bond acceptors (Lipinski definition) is 4. The molecule has 0 aliphatic rings. The molecule has 3 rings (SSSR count). The first kappa shape index (κ1) is 19.4. The molecule has 5 nitrogen and oxygen atoms in total. The number of amides is 1. The largest absolute Gasteiger partial charge is 0.484 e. The van der Waals surface area contributed by atoms with Crippen molar-refractivity contribution in [2.24, 2.45) is 0 Å². The minimum absolute atomic E-state index is 0.0479. The molecular formula is C23H25N3O2. The molecule has 0 aliphatic heterocycles. The van der Waals surface area contributed by atoms with Gasteiger partial charge < -0.3 is 15.4 Å². The first-order chi connectivity index (χ1) is 13.7. The number of aromatic nitrogens is 1. The summed E-state index contributed by atoms with van der Waals surface area (Å²) >= 11 is 0. The van der Waals surface area contributed by atoms with E-state index in [4.69, 9.17) is 4.74 Å². The van der Waals surface area contributed by atoms with Crippen LogP contribution in [0.5, 0.6) is 5.75 Å². The molecule has 0 radical (unpaired) electrons. The zero-order chi connectivity index (χ0) is 19.8. The Labute approximate surface area is 165 Å². The fraction of sp³-hybridized carbons (Fsp3) is 0.217. The summed E-state index contributed by atoms with van der Waals surface area (Å²) in [6.07, 6.45) is 3.54. The smallest absolute Gasteiger partial charge is 0.262 e. The van der Waals surface area contributed by atoms with Crippen molar-refractivity contribution >= 4 is 23.1 Å². The maximum atomic E-state index is 12.0. The predicted molar refractivity (Wildman–Crippen MR) is 113 cm³/mol. The third-order valence-corrected chi connectivity index (χ3v) is 4.41. The zero-order valence-corrected chi connectivity index (χ0v) is 16.2. The van der Waals surface area contributed by atoms with Crippen LogP contribution in [-0.2, 0) is 17.6 Å². The van der Waals surface area contributed by atoms with E-state index in [0.717, 1.165) is 24.3 Å². The minimum Gasteiger partial charge on any atom is -0.484 e. The van der Waals surface area contributed by atoms with Gasteiger partial charge in [0, 0.05) is 5.69 Å². The van der Waals surface area contributed by atoms with Crippen molar-refractivity contribution in [1.29, 1.82) is 0 Å². The molecule has 0 aliphatic carbocycles. The van der Waals surface area contributed by atoms with Gasteiger partial charge in [-0.25, -0.2) is 4.98 Å². The van der Waals surface area contributed by atoms with Crippen molar-refractivity contribution in [2.75, 3.05) is 17.2 Å². The number of carbonyl (C=O) groups is 1. The quantitative estimate of drug-likeness (QED) is 0.584. The van der Waals surface area contributed by atoms with Crippen LogP contribution in [0.25, 0.3) is 0 Å². The normalized spacial score (nSPS) is 10.4. The minimum atomic E-state index is -0.226. The van der Waals surface area contributed by atoms with Crippen LogP contribution in [-0.4, -0.2) is 17.5 Å². The maximum Gasteiger partial charge on any atom is 0.262 e. The van der Waals surface area contributed by atoms with Crippen LogP contribution in [0.15, 0.2) is 66.9 Å². The second-order valence-electron chi connectivity index (χ2n) is 6.37. The van der Waals surface area contributed by atoms with Crippen molar-refractivity contribution in [2.45, 2.75) is 26.7 Å². The number of nitrogens with zero attached hydrogens (tertiary/aromatic N) is 1. The number of hydrogen-bond donors (Lipinski definition) is 2. The zero-order valence-electron chi connectivity index (χ0n) is 16.2.